The zero-order valence-electron chi connectivity index (χ0n) is 27.6. The highest BCUT2D eigenvalue weighted by molar-refractivity contribution is 6.08. The molecule has 0 unspecified atom stereocenters. The molecule has 0 aromatic heterocycles. The van der Waals surface area contributed by atoms with Crippen LogP contribution in [0.1, 0.15) is 48.5 Å². The van der Waals surface area contributed by atoms with Gasteiger partial charge in [-0.1, -0.05) is 146 Å². The van der Waals surface area contributed by atoms with Crippen LogP contribution in [-0.2, 0) is 26.0 Å². The van der Waals surface area contributed by atoms with E-state index in [1.165, 1.54) is 16.7 Å². The van der Waals surface area contributed by atoms with Crippen molar-refractivity contribution in [3.8, 4) is 5.75 Å². The lowest BCUT2D eigenvalue weighted by molar-refractivity contribution is 0.0953. The van der Waals surface area contributed by atoms with Gasteiger partial charge in [0.15, 0.2) is 5.78 Å². The summed E-state index contributed by atoms with van der Waals surface area (Å²) in [5.41, 5.74) is 6.93. The topological polar surface area (TPSA) is 67.4 Å². The van der Waals surface area contributed by atoms with Crippen LogP contribution in [0, 0.1) is 0 Å². The lowest BCUT2D eigenvalue weighted by atomic mass is 10.0. The van der Waals surface area contributed by atoms with Crippen LogP contribution < -0.4 is 15.4 Å². The van der Waals surface area contributed by atoms with Crippen LogP contribution in [-0.4, -0.2) is 24.8 Å². The van der Waals surface area contributed by atoms with Gasteiger partial charge in [-0.15, -0.1) is 0 Å². The van der Waals surface area contributed by atoms with Gasteiger partial charge in [-0.25, -0.2) is 0 Å². The van der Waals surface area contributed by atoms with Crippen LogP contribution in [0.4, 0.5) is 0 Å². The number of carbonyl (C=O) groups is 2. The Kier molecular flexibility index (Phi) is 13.5. The van der Waals surface area contributed by atoms with Gasteiger partial charge >= 0.3 is 0 Å². The number of amides is 1. The third-order valence-corrected chi connectivity index (χ3v) is 7.92. The number of benzene rings is 6. The van der Waals surface area contributed by atoms with Gasteiger partial charge < -0.3 is 15.4 Å². The molecule has 0 aliphatic heterocycles. The number of nitrogens with one attached hydrogen (secondary N) is 2. The van der Waals surface area contributed by atoms with Crippen LogP contribution in [0.2, 0.25) is 0 Å². The molecule has 0 spiro atoms. The van der Waals surface area contributed by atoms with E-state index in [-0.39, 0.29) is 11.7 Å². The summed E-state index contributed by atoms with van der Waals surface area (Å²) in [5, 5.41) is 6.38. The summed E-state index contributed by atoms with van der Waals surface area (Å²) in [4.78, 5) is 24.3. The Labute approximate surface area is 289 Å². The predicted octanol–water partition coefficient (Wildman–Crippen LogP) is 8.49. The largest absolute Gasteiger partial charge is 0.489 e. The number of hydrogen-bond donors (Lipinski definition) is 2. The number of ketones is 1. The van der Waals surface area contributed by atoms with Crippen molar-refractivity contribution in [1.82, 2.24) is 10.6 Å². The van der Waals surface area contributed by atoms with Crippen molar-refractivity contribution >= 4 is 11.7 Å². The van der Waals surface area contributed by atoms with E-state index in [2.05, 4.69) is 71.3 Å². The van der Waals surface area contributed by atoms with E-state index < -0.39 is 0 Å². The predicted molar refractivity (Wildman–Crippen MR) is 198 cm³/mol. The summed E-state index contributed by atoms with van der Waals surface area (Å²) in [7, 11) is 0. The fourth-order valence-electron chi connectivity index (χ4n) is 5.15. The molecule has 246 valence electrons. The van der Waals surface area contributed by atoms with E-state index in [0.29, 0.717) is 29.8 Å². The van der Waals surface area contributed by atoms with Gasteiger partial charge in [0.05, 0.1) is 0 Å². The van der Waals surface area contributed by atoms with Gasteiger partial charge in [-0.05, 0) is 65.9 Å². The average molecular weight is 647 g/mol. The Hall–Kier alpha value is -5.78. The summed E-state index contributed by atoms with van der Waals surface area (Å²) in [6.07, 6.45) is 1.74. The summed E-state index contributed by atoms with van der Waals surface area (Å²) in [6.45, 7) is 3.05. The first-order chi connectivity index (χ1) is 24.1. The van der Waals surface area contributed by atoms with Gasteiger partial charge in [0, 0.05) is 29.8 Å². The average Bonchev–Trinajstić information content (AvgIpc) is 3.18. The zero-order valence-corrected chi connectivity index (χ0v) is 27.6. The van der Waals surface area contributed by atoms with E-state index >= 15 is 0 Å². The van der Waals surface area contributed by atoms with Gasteiger partial charge in [-0.2, -0.15) is 0 Å². The Morgan fingerprint density at radius 3 is 1.51 bits per heavy atom. The fraction of sp³-hybridized carbons (Fsp3) is 0.136. The molecule has 0 saturated heterocycles. The maximum atomic E-state index is 12.4. The normalized spacial score (nSPS) is 10.4. The molecule has 0 heterocycles. The van der Waals surface area contributed by atoms with Crippen molar-refractivity contribution in [3.63, 3.8) is 0 Å². The van der Waals surface area contributed by atoms with Crippen molar-refractivity contribution < 1.29 is 14.3 Å². The van der Waals surface area contributed by atoms with Crippen molar-refractivity contribution in [1.29, 1.82) is 0 Å². The second kappa shape index (κ2) is 19.1. The van der Waals surface area contributed by atoms with Crippen LogP contribution in [0.5, 0.6) is 5.75 Å². The van der Waals surface area contributed by atoms with Gasteiger partial charge in [0.25, 0.3) is 5.91 Å². The van der Waals surface area contributed by atoms with Crippen LogP contribution in [0.15, 0.2) is 170 Å². The monoisotopic (exact) mass is 646 g/mol. The second-order valence-corrected chi connectivity index (χ2v) is 11.6. The molecule has 0 aliphatic rings. The Morgan fingerprint density at radius 1 is 0.449 bits per heavy atom. The highest BCUT2D eigenvalue weighted by Crippen LogP contribution is 2.15. The maximum Gasteiger partial charge on any atom is 0.251 e. The molecule has 5 nitrogen and oxygen atoms in total. The minimum Gasteiger partial charge on any atom is -0.489 e. The molecular formula is C44H42N2O3. The van der Waals surface area contributed by atoms with Gasteiger partial charge in [0.1, 0.15) is 12.4 Å². The molecule has 0 fully saturated rings. The molecule has 2 N–H and O–H groups in total. The molecule has 6 aromatic carbocycles. The van der Waals surface area contributed by atoms with E-state index in [0.717, 1.165) is 37.2 Å². The lowest BCUT2D eigenvalue weighted by Gasteiger charge is -2.08. The minimum atomic E-state index is -0.0727. The minimum absolute atomic E-state index is 0.0181. The van der Waals surface area contributed by atoms with Crippen molar-refractivity contribution in [2.75, 3.05) is 13.1 Å². The highest BCUT2D eigenvalue weighted by Gasteiger charge is 2.08. The zero-order chi connectivity index (χ0) is 33.9. The van der Waals surface area contributed by atoms with E-state index in [9.17, 15) is 9.59 Å². The second-order valence-electron chi connectivity index (χ2n) is 11.6. The molecule has 6 aromatic rings. The SMILES string of the molecule is O=C(NCCc1ccc(C(=O)c2ccccc2)cc1)c1ccccc1.c1ccc(CNCCc2ccc(OCc3ccccc3)cc2)cc1. The van der Waals surface area contributed by atoms with E-state index in [1.807, 2.05) is 97.1 Å². The summed E-state index contributed by atoms with van der Waals surface area (Å²) >= 11 is 0. The van der Waals surface area contributed by atoms with Crippen molar-refractivity contribution in [2.45, 2.75) is 26.0 Å². The number of ether oxygens (including phenoxy) is 1. The highest BCUT2D eigenvalue weighted by atomic mass is 16.5. The molecular weight excluding hydrogens is 604 g/mol. The first kappa shape index (κ1) is 34.6. The molecule has 49 heavy (non-hydrogen) atoms. The number of carbonyl (C=O) groups excluding carboxylic acids is 2. The fourth-order valence-corrected chi connectivity index (χ4v) is 5.15. The third kappa shape index (κ3) is 11.8. The van der Waals surface area contributed by atoms with Crippen molar-refractivity contribution in [3.05, 3.63) is 209 Å². The number of rotatable bonds is 14. The standard InChI is InChI=1S/C22H19NO2.C22H23NO/c24-21(18-7-3-1-4-8-18)19-13-11-17(12-14-19)15-16-23-22(25)20-9-5-2-6-10-20;1-3-7-20(8-4-1)17-23-16-15-19-11-13-22(14-12-19)24-18-21-9-5-2-6-10-21/h1-14H,15-16H2,(H,23,25);1-14,23H,15-18H2. The molecule has 5 heteroatoms. The quantitative estimate of drug-likeness (QED) is 0.0920. The molecule has 6 rings (SSSR count). The van der Waals surface area contributed by atoms with Crippen LogP contribution in [0.3, 0.4) is 0 Å². The Bertz CT molecular complexity index is 1830. The Morgan fingerprint density at radius 2 is 0.918 bits per heavy atom. The molecule has 0 atom stereocenters. The lowest BCUT2D eigenvalue weighted by Crippen LogP contribution is -2.25. The molecule has 0 aliphatic carbocycles. The molecule has 0 radical (unpaired) electrons. The van der Waals surface area contributed by atoms with Crippen molar-refractivity contribution in [2.24, 2.45) is 0 Å². The van der Waals surface area contributed by atoms with E-state index in [4.69, 9.17) is 4.74 Å². The Balaban J connectivity index is 0.000000191. The smallest absolute Gasteiger partial charge is 0.251 e. The summed E-state index contributed by atoms with van der Waals surface area (Å²) in [6, 6.07) is 55.0. The van der Waals surface area contributed by atoms with E-state index in [1.54, 1.807) is 12.1 Å². The van der Waals surface area contributed by atoms with Crippen LogP contribution >= 0.6 is 0 Å². The first-order valence-electron chi connectivity index (χ1n) is 16.7. The van der Waals surface area contributed by atoms with Gasteiger partial charge in [0.2, 0.25) is 0 Å². The first-order valence-corrected chi connectivity index (χ1v) is 16.7. The molecule has 0 bridgehead atoms. The van der Waals surface area contributed by atoms with Crippen LogP contribution in [0.25, 0.3) is 0 Å². The maximum absolute atomic E-state index is 12.4. The summed E-state index contributed by atoms with van der Waals surface area (Å²) in [5.74, 6) is 0.862. The number of hydrogen-bond acceptors (Lipinski definition) is 4. The molecule has 0 saturated carbocycles. The molecule has 1 amide bonds. The third-order valence-electron chi connectivity index (χ3n) is 7.92. The summed E-state index contributed by atoms with van der Waals surface area (Å²) < 4.78 is 5.81. The van der Waals surface area contributed by atoms with Gasteiger partial charge in [-0.3, -0.25) is 9.59 Å².